The number of amides is 3. The average molecular weight is 554 g/mol. The lowest BCUT2D eigenvalue weighted by Gasteiger charge is -2.26. The van der Waals surface area contributed by atoms with Crippen molar-refractivity contribution >= 4 is 29.9 Å². The summed E-state index contributed by atoms with van der Waals surface area (Å²) in [5, 5.41) is 8.12. The number of ether oxygens (including phenoxy) is 2. The zero-order valence-corrected chi connectivity index (χ0v) is 24.1. The van der Waals surface area contributed by atoms with Gasteiger partial charge < -0.3 is 30.2 Å². The van der Waals surface area contributed by atoms with E-state index in [1.807, 2.05) is 56.3 Å². The SMILES string of the molecule is CC.CNC(=O)C(NC(=O)OCc1ccccc1)C(C1CC1)C1CC1.COC.O=CC1C(=O)Nc2ccccc21. The molecule has 2 aliphatic carbocycles. The average Bonchev–Trinajstić information content (AvgIpc) is 3.92. The highest BCUT2D eigenvalue weighted by atomic mass is 16.5. The standard InChI is InChI=1S/C18H24N2O3.C9H7NO2.C2H6O.C2H6/c1-19-17(21)16(15(13-7-8-13)14-9-10-14)20-18(22)23-11-12-5-3-2-4-6-12;11-5-7-6-3-1-2-4-8(6)10-9(7)12;1-3-2;1-2/h2-6,13-16H,7-11H2,1H3,(H,19,21)(H,20,22);1-5,7H,(H,10,12);1-2H3;1-2H3. The van der Waals surface area contributed by atoms with Crippen LogP contribution in [-0.4, -0.2) is 51.5 Å². The van der Waals surface area contributed by atoms with Gasteiger partial charge in [-0.3, -0.25) is 9.59 Å². The zero-order valence-electron chi connectivity index (χ0n) is 24.1. The Kier molecular flexibility index (Phi) is 13.9. The Bertz CT molecular complexity index is 1070. The predicted octanol–water partition coefficient (Wildman–Crippen LogP) is 4.67. The lowest BCUT2D eigenvalue weighted by Crippen LogP contribution is -2.51. The number of nitrogens with one attached hydrogen (secondary N) is 3. The Labute approximate surface area is 237 Å². The van der Waals surface area contributed by atoms with Gasteiger partial charge in [-0.2, -0.15) is 0 Å². The molecular weight excluding hydrogens is 510 g/mol. The number of carbonyl (C=O) groups excluding carboxylic acids is 4. The molecule has 2 unspecified atom stereocenters. The molecule has 3 aliphatic rings. The van der Waals surface area contributed by atoms with Crippen molar-refractivity contribution in [3.63, 3.8) is 0 Å². The van der Waals surface area contributed by atoms with Gasteiger partial charge >= 0.3 is 6.09 Å². The molecule has 9 nitrogen and oxygen atoms in total. The van der Waals surface area contributed by atoms with E-state index in [9.17, 15) is 19.2 Å². The molecular formula is C31H43N3O6. The molecule has 2 aromatic carbocycles. The van der Waals surface area contributed by atoms with Crippen molar-refractivity contribution in [2.24, 2.45) is 17.8 Å². The minimum atomic E-state index is -0.610. The van der Waals surface area contributed by atoms with Gasteiger partial charge in [0, 0.05) is 27.0 Å². The second-order valence-electron chi connectivity index (χ2n) is 9.65. The number of methoxy groups -OCH3 is 1. The predicted molar refractivity (Wildman–Crippen MR) is 155 cm³/mol. The van der Waals surface area contributed by atoms with Crippen LogP contribution in [0.4, 0.5) is 10.5 Å². The van der Waals surface area contributed by atoms with Crippen molar-refractivity contribution in [3.05, 3.63) is 65.7 Å². The van der Waals surface area contributed by atoms with E-state index < -0.39 is 18.1 Å². The van der Waals surface area contributed by atoms with E-state index in [0.29, 0.717) is 18.1 Å². The second-order valence-corrected chi connectivity index (χ2v) is 9.65. The van der Waals surface area contributed by atoms with Gasteiger partial charge in [-0.05, 0) is 60.6 Å². The fourth-order valence-electron chi connectivity index (χ4n) is 4.64. The maximum absolute atomic E-state index is 12.2. The molecule has 0 spiro atoms. The van der Waals surface area contributed by atoms with Crippen molar-refractivity contribution in [2.45, 2.75) is 58.1 Å². The van der Waals surface area contributed by atoms with E-state index in [2.05, 4.69) is 20.7 Å². The van der Waals surface area contributed by atoms with E-state index >= 15 is 0 Å². The first kappa shape index (κ1) is 32.5. The minimum absolute atomic E-state index is 0.120. The molecule has 9 heteroatoms. The molecule has 0 aromatic heterocycles. The summed E-state index contributed by atoms with van der Waals surface area (Å²) in [4.78, 5) is 46.0. The van der Waals surface area contributed by atoms with Crippen LogP contribution >= 0.6 is 0 Å². The van der Waals surface area contributed by atoms with Crippen LogP contribution in [-0.2, 0) is 30.5 Å². The number of likely N-dealkylation sites (N-methyl/N-ethyl adjacent to an activating group) is 1. The number of hydrogen-bond acceptors (Lipinski definition) is 6. The van der Waals surface area contributed by atoms with Crippen LogP contribution in [0, 0.1) is 17.8 Å². The van der Waals surface area contributed by atoms with Crippen molar-refractivity contribution < 1.29 is 28.7 Å². The van der Waals surface area contributed by atoms with Gasteiger partial charge in [-0.25, -0.2) is 4.79 Å². The van der Waals surface area contributed by atoms with Gasteiger partial charge in [0.2, 0.25) is 11.8 Å². The molecule has 3 amide bonds. The molecule has 2 aromatic rings. The summed E-state index contributed by atoms with van der Waals surface area (Å²) in [5.74, 6) is 0.426. The van der Waals surface area contributed by atoms with Crippen molar-refractivity contribution in [2.75, 3.05) is 26.6 Å². The van der Waals surface area contributed by atoms with Gasteiger partial charge in [-0.1, -0.05) is 62.4 Å². The van der Waals surface area contributed by atoms with Crippen molar-refractivity contribution in [3.8, 4) is 0 Å². The number of carbonyl (C=O) groups is 4. The summed E-state index contributed by atoms with van der Waals surface area (Å²) in [5.41, 5.74) is 2.46. The van der Waals surface area contributed by atoms with Gasteiger partial charge in [0.25, 0.3) is 0 Å². The second kappa shape index (κ2) is 17.1. The fourth-order valence-corrected chi connectivity index (χ4v) is 4.64. The summed E-state index contributed by atoms with van der Waals surface area (Å²) in [7, 11) is 4.86. The van der Waals surface area contributed by atoms with Crippen molar-refractivity contribution in [1.29, 1.82) is 0 Å². The molecule has 3 N–H and O–H groups in total. The first-order valence-electron chi connectivity index (χ1n) is 13.9. The van der Waals surface area contributed by atoms with Gasteiger partial charge in [0.15, 0.2) is 0 Å². The fraction of sp³-hybridized carbons (Fsp3) is 0.484. The van der Waals surface area contributed by atoms with E-state index in [1.165, 1.54) is 0 Å². The third-order valence-electron chi connectivity index (χ3n) is 6.70. The molecule has 5 rings (SSSR count). The number of para-hydroxylation sites is 1. The molecule has 0 bridgehead atoms. The summed E-state index contributed by atoms with van der Waals surface area (Å²) in [6.45, 7) is 4.21. The minimum Gasteiger partial charge on any atom is -0.445 e. The molecule has 1 heterocycles. The lowest BCUT2D eigenvalue weighted by molar-refractivity contribution is -0.124. The summed E-state index contributed by atoms with van der Waals surface area (Å²) >= 11 is 0. The van der Waals surface area contributed by atoms with Gasteiger partial charge in [0.05, 0.1) is 0 Å². The van der Waals surface area contributed by atoms with E-state index in [4.69, 9.17) is 4.74 Å². The van der Waals surface area contributed by atoms with Crippen LogP contribution in [0.3, 0.4) is 0 Å². The number of aldehydes is 1. The van der Waals surface area contributed by atoms with Crippen LogP contribution in [0.15, 0.2) is 54.6 Å². The Morgan fingerprint density at radius 3 is 2.05 bits per heavy atom. The van der Waals surface area contributed by atoms with E-state index in [0.717, 1.165) is 42.5 Å². The molecule has 1 aliphatic heterocycles. The first-order valence-corrected chi connectivity index (χ1v) is 13.9. The largest absolute Gasteiger partial charge is 0.445 e. The zero-order chi connectivity index (χ0) is 29.5. The molecule has 2 atom stereocenters. The van der Waals surface area contributed by atoms with Crippen LogP contribution in [0.5, 0.6) is 0 Å². The summed E-state index contributed by atoms with van der Waals surface area (Å²) < 4.78 is 9.52. The number of alkyl carbamates (subject to hydrolysis) is 1. The van der Waals surface area contributed by atoms with Crippen LogP contribution in [0.25, 0.3) is 0 Å². The Hall–Kier alpha value is -3.72. The third kappa shape index (κ3) is 9.79. The highest BCUT2D eigenvalue weighted by molar-refractivity contribution is 6.11. The summed E-state index contributed by atoms with van der Waals surface area (Å²) in [6.07, 6.45) is 4.80. The Morgan fingerprint density at radius 1 is 0.975 bits per heavy atom. The topological polar surface area (TPSA) is 123 Å². The van der Waals surface area contributed by atoms with Crippen LogP contribution in [0.1, 0.15) is 56.6 Å². The van der Waals surface area contributed by atoms with Gasteiger partial charge in [-0.15, -0.1) is 0 Å². The van der Waals surface area contributed by atoms with E-state index in [1.54, 1.807) is 33.4 Å². The molecule has 218 valence electrons. The number of benzene rings is 2. The number of hydrogen-bond donors (Lipinski definition) is 3. The van der Waals surface area contributed by atoms with Crippen LogP contribution in [0.2, 0.25) is 0 Å². The highest BCUT2D eigenvalue weighted by Gasteiger charge is 2.48. The normalized spacial score (nSPS) is 17.1. The summed E-state index contributed by atoms with van der Waals surface area (Å²) in [6, 6.07) is 16.3. The maximum Gasteiger partial charge on any atom is 0.408 e. The molecule has 2 fully saturated rings. The van der Waals surface area contributed by atoms with E-state index in [-0.39, 0.29) is 24.3 Å². The Balaban J connectivity index is 0.000000275. The molecule has 40 heavy (non-hydrogen) atoms. The molecule has 2 saturated carbocycles. The smallest absolute Gasteiger partial charge is 0.408 e. The molecule has 0 saturated heterocycles. The number of fused-ring (bicyclic) bond motifs is 1. The van der Waals surface area contributed by atoms with Crippen molar-refractivity contribution in [1.82, 2.24) is 10.6 Å². The maximum atomic E-state index is 12.2. The third-order valence-corrected chi connectivity index (χ3v) is 6.70. The van der Waals surface area contributed by atoms with Gasteiger partial charge in [0.1, 0.15) is 24.9 Å². The number of anilines is 1. The quantitative estimate of drug-likeness (QED) is 0.322. The molecule has 0 radical (unpaired) electrons. The monoisotopic (exact) mass is 553 g/mol. The number of rotatable bonds is 8. The highest BCUT2D eigenvalue weighted by Crippen LogP contribution is 2.50. The lowest BCUT2D eigenvalue weighted by atomic mass is 9.89. The first-order chi connectivity index (χ1) is 19.4. The Morgan fingerprint density at radius 2 is 1.52 bits per heavy atom. The van der Waals surface area contributed by atoms with Crippen LogP contribution < -0.4 is 16.0 Å².